The van der Waals surface area contributed by atoms with Gasteiger partial charge in [0, 0.05) is 13.1 Å². The van der Waals surface area contributed by atoms with Crippen molar-refractivity contribution < 1.29 is 4.79 Å². The van der Waals surface area contributed by atoms with Crippen LogP contribution in [-0.4, -0.2) is 28.9 Å². The minimum atomic E-state index is 0.0931. The predicted octanol–water partition coefficient (Wildman–Crippen LogP) is 1.93. The molecule has 0 aliphatic carbocycles. The third kappa shape index (κ3) is 2.28. The molecule has 0 saturated heterocycles. The summed E-state index contributed by atoms with van der Waals surface area (Å²) in [5.41, 5.74) is 0. The zero-order valence-electron chi connectivity index (χ0n) is 8.20. The maximum absolute atomic E-state index is 11.7. The minimum absolute atomic E-state index is 0.0931. The lowest BCUT2D eigenvalue weighted by atomic mass is 10.4. The molecule has 0 atom stereocenters. The third-order valence-corrected chi connectivity index (χ3v) is 2.78. The highest BCUT2D eigenvalue weighted by molar-refractivity contribution is 7.13. The molecule has 0 saturated carbocycles. The van der Waals surface area contributed by atoms with Crippen molar-refractivity contribution in [3.63, 3.8) is 0 Å². The van der Waals surface area contributed by atoms with Crippen LogP contribution in [0.15, 0.2) is 6.20 Å². The molecule has 0 aliphatic rings. The molecule has 0 aliphatic heterocycles. The molecule has 1 rings (SSSR count). The fraction of sp³-hybridized carbons (Fsp3) is 0.556. The first-order chi connectivity index (χ1) is 6.19. The van der Waals surface area contributed by atoms with Crippen LogP contribution in [-0.2, 0) is 0 Å². The number of thiazole rings is 1. The average Bonchev–Trinajstić information content (AvgIpc) is 2.54. The summed E-state index contributed by atoms with van der Waals surface area (Å²) in [6, 6.07) is 0. The van der Waals surface area contributed by atoms with Crippen molar-refractivity contribution >= 4 is 17.2 Å². The number of carbonyl (C=O) groups is 1. The predicted molar refractivity (Wildman–Crippen MR) is 54.1 cm³/mol. The lowest BCUT2D eigenvalue weighted by molar-refractivity contribution is 0.0777. The Morgan fingerprint density at radius 1 is 1.54 bits per heavy atom. The van der Waals surface area contributed by atoms with Crippen molar-refractivity contribution in [3.8, 4) is 0 Å². The molecule has 0 aromatic carbocycles. The van der Waals surface area contributed by atoms with E-state index in [1.807, 2.05) is 20.8 Å². The van der Waals surface area contributed by atoms with E-state index in [0.717, 1.165) is 23.0 Å². The first-order valence-corrected chi connectivity index (χ1v) is 5.22. The van der Waals surface area contributed by atoms with Crippen molar-refractivity contribution in [3.05, 3.63) is 16.1 Å². The third-order valence-electron chi connectivity index (χ3n) is 1.88. The molecule has 1 amide bonds. The Labute approximate surface area is 82.4 Å². The van der Waals surface area contributed by atoms with Gasteiger partial charge < -0.3 is 4.90 Å². The minimum Gasteiger partial charge on any atom is -0.338 e. The Balaban J connectivity index is 2.78. The van der Waals surface area contributed by atoms with Crippen LogP contribution < -0.4 is 0 Å². The molecular formula is C9H14N2OS. The summed E-state index contributed by atoms with van der Waals surface area (Å²) in [5.74, 6) is 0.0931. The zero-order valence-corrected chi connectivity index (χ0v) is 9.02. The van der Waals surface area contributed by atoms with Gasteiger partial charge in [0.05, 0.1) is 11.2 Å². The van der Waals surface area contributed by atoms with E-state index >= 15 is 0 Å². The lowest BCUT2D eigenvalue weighted by Crippen LogP contribution is -2.29. The monoisotopic (exact) mass is 198 g/mol. The SMILES string of the molecule is CCN(CC)C(=O)c1cnc(C)s1. The van der Waals surface area contributed by atoms with Gasteiger partial charge in [0.1, 0.15) is 4.88 Å². The standard InChI is InChI=1S/C9H14N2OS/c1-4-11(5-2)9(12)8-6-10-7(3)13-8/h6H,4-5H2,1-3H3. The van der Waals surface area contributed by atoms with E-state index in [9.17, 15) is 4.79 Å². The molecule has 3 nitrogen and oxygen atoms in total. The highest BCUT2D eigenvalue weighted by atomic mass is 32.1. The molecule has 0 spiro atoms. The quantitative estimate of drug-likeness (QED) is 0.743. The van der Waals surface area contributed by atoms with Crippen LogP contribution in [0.4, 0.5) is 0 Å². The van der Waals surface area contributed by atoms with Gasteiger partial charge in [-0.25, -0.2) is 4.98 Å². The van der Waals surface area contributed by atoms with Gasteiger partial charge in [-0.2, -0.15) is 0 Å². The largest absolute Gasteiger partial charge is 0.338 e. The Kier molecular flexibility index (Phi) is 3.42. The van der Waals surface area contributed by atoms with E-state index in [4.69, 9.17) is 0 Å². The maximum Gasteiger partial charge on any atom is 0.265 e. The summed E-state index contributed by atoms with van der Waals surface area (Å²) in [4.78, 5) is 18.3. The summed E-state index contributed by atoms with van der Waals surface area (Å²) in [5, 5.41) is 0.940. The van der Waals surface area contributed by atoms with Crippen LogP contribution in [0.1, 0.15) is 28.5 Å². The van der Waals surface area contributed by atoms with E-state index in [1.54, 1.807) is 11.1 Å². The van der Waals surface area contributed by atoms with E-state index in [-0.39, 0.29) is 5.91 Å². The normalized spacial score (nSPS) is 10.1. The van der Waals surface area contributed by atoms with Crippen LogP contribution >= 0.6 is 11.3 Å². The molecule has 13 heavy (non-hydrogen) atoms. The Morgan fingerprint density at radius 3 is 2.54 bits per heavy atom. The molecule has 0 bridgehead atoms. The fourth-order valence-electron chi connectivity index (χ4n) is 1.13. The van der Waals surface area contributed by atoms with Crippen molar-refractivity contribution in [1.29, 1.82) is 0 Å². The van der Waals surface area contributed by atoms with Crippen molar-refractivity contribution in [2.24, 2.45) is 0 Å². The number of rotatable bonds is 3. The van der Waals surface area contributed by atoms with Crippen molar-refractivity contribution in [1.82, 2.24) is 9.88 Å². The smallest absolute Gasteiger partial charge is 0.265 e. The molecule has 1 aromatic heterocycles. The van der Waals surface area contributed by atoms with E-state index in [1.165, 1.54) is 11.3 Å². The van der Waals surface area contributed by atoms with Gasteiger partial charge >= 0.3 is 0 Å². The number of aryl methyl sites for hydroxylation is 1. The summed E-state index contributed by atoms with van der Waals surface area (Å²) >= 11 is 1.45. The summed E-state index contributed by atoms with van der Waals surface area (Å²) in [6.07, 6.45) is 1.65. The summed E-state index contributed by atoms with van der Waals surface area (Å²) in [7, 11) is 0. The van der Waals surface area contributed by atoms with Gasteiger partial charge in [-0.1, -0.05) is 0 Å². The Hall–Kier alpha value is -0.900. The zero-order chi connectivity index (χ0) is 9.84. The van der Waals surface area contributed by atoms with Gasteiger partial charge in [-0.05, 0) is 20.8 Å². The molecule has 72 valence electrons. The highest BCUT2D eigenvalue weighted by Crippen LogP contribution is 2.13. The fourth-order valence-corrected chi connectivity index (χ4v) is 1.87. The first kappa shape index (κ1) is 10.2. The van der Waals surface area contributed by atoms with Crippen LogP contribution in [0.25, 0.3) is 0 Å². The molecular weight excluding hydrogens is 184 g/mol. The van der Waals surface area contributed by atoms with Crippen LogP contribution in [0, 0.1) is 6.92 Å². The topological polar surface area (TPSA) is 33.2 Å². The van der Waals surface area contributed by atoms with Crippen molar-refractivity contribution in [2.45, 2.75) is 20.8 Å². The Morgan fingerprint density at radius 2 is 2.15 bits per heavy atom. The lowest BCUT2D eigenvalue weighted by Gasteiger charge is -2.16. The average molecular weight is 198 g/mol. The van der Waals surface area contributed by atoms with Gasteiger partial charge in [-0.3, -0.25) is 4.79 Å². The first-order valence-electron chi connectivity index (χ1n) is 4.40. The second kappa shape index (κ2) is 4.37. The van der Waals surface area contributed by atoms with E-state index < -0.39 is 0 Å². The number of amides is 1. The van der Waals surface area contributed by atoms with Gasteiger partial charge in [0.15, 0.2) is 0 Å². The Bertz CT molecular complexity index is 292. The van der Waals surface area contributed by atoms with Crippen LogP contribution in [0.5, 0.6) is 0 Å². The number of carbonyl (C=O) groups excluding carboxylic acids is 1. The number of hydrogen-bond donors (Lipinski definition) is 0. The summed E-state index contributed by atoms with van der Waals surface area (Å²) < 4.78 is 0. The van der Waals surface area contributed by atoms with Crippen LogP contribution in [0.3, 0.4) is 0 Å². The molecule has 0 N–H and O–H groups in total. The molecule has 0 radical (unpaired) electrons. The number of nitrogens with zero attached hydrogens (tertiary/aromatic N) is 2. The molecule has 0 unspecified atom stereocenters. The van der Waals surface area contributed by atoms with E-state index in [2.05, 4.69) is 4.98 Å². The second-order valence-electron chi connectivity index (χ2n) is 2.72. The molecule has 0 fully saturated rings. The highest BCUT2D eigenvalue weighted by Gasteiger charge is 2.14. The number of aromatic nitrogens is 1. The van der Waals surface area contributed by atoms with Crippen molar-refractivity contribution in [2.75, 3.05) is 13.1 Å². The summed E-state index contributed by atoms with van der Waals surface area (Å²) in [6.45, 7) is 7.38. The van der Waals surface area contributed by atoms with Gasteiger partial charge in [-0.15, -0.1) is 11.3 Å². The molecule has 4 heteroatoms. The molecule has 1 aromatic rings. The van der Waals surface area contributed by atoms with Gasteiger partial charge in [0.2, 0.25) is 0 Å². The molecule has 1 heterocycles. The van der Waals surface area contributed by atoms with Crippen LogP contribution in [0.2, 0.25) is 0 Å². The van der Waals surface area contributed by atoms with Gasteiger partial charge in [0.25, 0.3) is 5.91 Å². The maximum atomic E-state index is 11.7. The number of hydrogen-bond acceptors (Lipinski definition) is 3. The van der Waals surface area contributed by atoms with E-state index in [0.29, 0.717) is 0 Å². The second-order valence-corrected chi connectivity index (χ2v) is 3.96.